The molecule has 0 aliphatic rings. The minimum Gasteiger partial charge on any atom is -0.438 e. The van der Waals surface area contributed by atoms with Crippen molar-refractivity contribution in [1.82, 2.24) is 20.0 Å². The maximum absolute atomic E-state index is 12.9. The average Bonchev–Trinajstić information content (AvgIpc) is 3.15. The van der Waals surface area contributed by atoms with Crippen LogP contribution < -0.4 is 9.46 Å². The van der Waals surface area contributed by atoms with Crippen molar-refractivity contribution in [3.05, 3.63) is 83.2 Å². The van der Waals surface area contributed by atoms with Gasteiger partial charge in [0.1, 0.15) is 5.75 Å². The van der Waals surface area contributed by atoms with Crippen molar-refractivity contribution < 1.29 is 13.2 Å². The second-order valence-corrected chi connectivity index (χ2v) is 9.21. The third-order valence-corrected chi connectivity index (χ3v) is 6.47. The number of hydrogen-bond donors (Lipinski definition) is 1. The van der Waals surface area contributed by atoms with Gasteiger partial charge < -0.3 is 4.74 Å². The van der Waals surface area contributed by atoms with Crippen LogP contribution in [0.25, 0.3) is 5.82 Å². The molecule has 0 aliphatic carbocycles. The molecule has 0 atom stereocenters. The number of benzene rings is 2. The van der Waals surface area contributed by atoms with Gasteiger partial charge in [0.2, 0.25) is 5.88 Å². The first-order chi connectivity index (χ1) is 15.2. The van der Waals surface area contributed by atoms with Gasteiger partial charge in [-0.2, -0.15) is 5.10 Å². The Labute approximate surface area is 187 Å². The maximum Gasteiger partial charge on any atom is 0.262 e. The molecule has 2 aromatic carbocycles. The second-order valence-electron chi connectivity index (χ2n) is 7.59. The van der Waals surface area contributed by atoms with Gasteiger partial charge in [0, 0.05) is 18.0 Å². The van der Waals surface area contributed by atoms with Crippen LogP contribution in [0.5, 0.6) is 11.6 Å². The zero-order chi connectivity index (χ0) is 22.9. The highest BCUT2D eigenvalue weighted by Gasteiger charge is 2.20. The summed E-state index contributed by atoms with van der Waals surface area (Å²) >= 11 is 0. The van der Waals surface area contributed by atoms with Gasteiger partial charge in [-0.25, -0.2) is 13.1 Å². The van der Waals surface area contributed by atoms with Crippen LogP contribution in [0.4, 0.5) is 5.69 Å². The fourth-order valence-electron chi connectivity index (χ4n) is 3.54. The van der Waals surface area contributed by atoms with Crippen molar-refractivity contribution in [3.63, 3.8) is 0 Å². The largest absolute Gasteiger partial charge is 0.438 e. The topological polar surface area (TPSA) is 99.0 Å². The molecule has 0 saturated carbocycles. The van der Waals surface area contributed by atoms with Crippen LogP contribution >= 0.6 is 0 Å². The van der Waals surface area contributed by atoms with E-state index in [1.807, 2.05) is 32.0 Å². The van der Waals surface area contributed by atoms with Crippen molar-refractivity contribution in [2.75, 3.05) is 4.72 Å². The molecule has 0 aliphatic heterocycles. The van der Waals surface area contributed by atoms with E-state index in [2.05, 4.69) is 20.0 Å². The fraction of sp³-hybridized carbons (Fsp3) is 0.174. The molecular formula is C23H23N5O3S. The lowest BCUT2D eigenvalue weighted by molar-refractivity contribution is 0.454. The van der Waals surface area contributed by atoms with Crippen LogP contribution in [0.3, 0.4) is 0 Å². The van der Waals surface area contributed by atoms with Gasteiger partial charge in [-0.05, 0) is 75.2 Å². The highest BCUT2D eigenvalue weighted by molar-refractivity contribution is 7.92. The van der Waals surface area contributed by atoms with E-state index in [9.17, 15) is 8.42 Å². The molecular weight excluding hydrogens is 426 g/mol. The van der Waals surface area contributed by atoms with Crippen LogP contribution in [-0.2, 0) is 10.0 Å². The summed E-state index contributed by atoms with van der Waals surface area (Å²) in [6, 6.07) is 15.7. The first-order valence-electron chi connectivity index (χ1n) is 9.96. The van der Waals surface area contributed by atoms with Gasteiger partial charge in [0.15, 0.2) is 5.82 Å². The number of ether oxygens (including phenoxy) is 1. The Bertz CT molecular complexity index is 1340. The van der Waals surface area contributed by atoms with Crippen LogP contribution in [0, 0.1) is 27.7 Å². The van der Waals surface area contributed by atoms with E-state index >= 15 is 0 Å². The molecule has 1 N–H and O–H groups in total. The third kappa shape index (κ3) is 4.62. The molecule has 0 radical (unpaired) electrons. The van der Waals surface area contributed by atoms with E-state index in [1.165, 1.54) is 0 Å². The number of aromatic nitrogens is 4. The van der Waals surface area contributed by atoms with Gasteiger partial charge in [-0.1, -0.05) is 17.7 Å². The Kier molecular flexibility index (Phi) is 5.67. The fourth-order valence-corrected chi connectivity index (χ4v) is 5.05. The average molecular weight is 450 g/mol. The van der Waals surface area contributed by atoms with Crippen LogP contribution in [-0.4, -0.2) is 28.4 Å². The third-order valence-electron chi connectivity index (χ3n) is 4.79. The summed E-state index contributed by atoms with van der Waals surface area (Å²) in [5.41, 5.74) is 3.77. The monoisotopic (exact) mass is 449 g/mol. The zero-order valence-electron chi connectivity index (χ0n) is 18.2. The van der Waals surface area contributed by atoms with Gasteiger partial charge in [-0.15, -0.1) is 10.2 Å². The first kappa shape index (κ1) is 21.5. The molecule has 0 spiro atoms. The number of rotatable bonds is 6. The van der Waals surface area contributed by atoms with E-state index < -0.39 is 10.0 Å². The molecule has 4 rings (SSSR count). The summed E-state index contributed by atoms with van der Waals surface area (Å²) in [6.45, 7) is 7.43. The molecule has 32 heavy (non-hydrogen) atoms. The van der Waals surface area contributed by atoms with Crippen LogP contribution in [0.1, 0.15) is 22.4 Å². The number of nitrogens with one attached hydrogen (secondary N) is 1. The lowest BCUT2D eigenvalue weighted by Gasteiger charge is -2.14. The Balaban J connectivity index is 1.46. The second kappa shape index (κ2) is 8.43. The molecule has 0 saturated heterocycles. The Morgan fingerprint density at radius 1 is 0.875 bits per heavy atom. The lowest BCUT2D eigenvalue weighted by atomic mass is 10.1. The maximum atomic E-state index is 12.9. The first-order valence-corrected chi connectivity index (χ1v) is 11.4. The summed E-state index contributed by atoms with van der Waals surface area (Å²) in [4.78, 5) is 0.297. The highest BCUT2D eigenvalue weighted by Crippen LogP contribution is 2.26. The summed E-state index contributed by atoms with van der Waals surface area (Å²) in [5.74, 6) is 1.40. The van der Waals surface area contributed by atoms with Crippen molar-refractivity contribution >= 4 is 15.7 Å². The van der Waals surface area contributed by atoms with E-state index in [-0.39, 0.29) is 0 Å². The minimum atomic E-state index is -3.71. The van der Waals surface area contributed by atoms with E-state index in [0.29, 0.717) is 39.2 Å². The lowest BCUT2D eigenvalue weighted by Crippen LogP contribution is -2.15. The number of nitrogens with zero attached hydrogens (tertiary/aromatic N) is 4. The molecule has 2 aromatic heterocycles. The predicted octanol–water partition coefficient (Wildman–Crippen LogP) is 4.49. The van der Waals surface area contributed by atoms with Crippen molar-refractivity contribution in [2.24, 2.45) is 0 Å². The van der Waals surface area contributed by atoms with Crippen molar-refractivity contribution in [2.45, 2.75) is 32.6 Å². The number of hydrogen-bond acceptors (Lipinski definition) is 6. The van der Waals surface area contributed by atoms with Crippen molar-refractivity contribution in [1.29, 1.82) is 0 Å². The summed E-state index contributed by atoms with van der Waals surface area (Å²) < 4.78 is 35.8. The normalized spacial score (nSPS) is 11.4. The molecule has 0 unspecified atom stereocenters. The van der Waals surface area contributed by atoms with E-state index in [0.717, 1.165) is 11.3 Å². The molecule has 0 amide bonds. The highest BCUT2D eigenvalue weighted by atomic mass is 32.2. The smallest absolute Gasteiger partial charge is 0.262 e. The standard InChI is InChI=1S/C23H23N5O3S/c1-15-13-16(2)23(17(3)14-15)32(29,30)27-19-5-7-20(8-6-19)31-22-10-9-21(24-25-22)28-12-11-18(4)26-28/h5-14,27H,1-4H3. The summed E-state index contributed by atoms with van der Waals surface area (Å²) in [7, 11) is -3.71. The number of sulfonamides is 1. The van der Waals surface area contributed by atoms with E-state index in [1.54, 1.807) is 61.1 Å². The van der Waals surface area contributed by atoms with Gasteiger partial charge in [-0.3, -0.25) is 4.72 Å². The molecule has 2 heterocycles. The van der Waals surface area contributed by atoms with Gasteiger partial charge in [0.25, 0.3) is 10.0 Å². The Morgan fingerprint density at radius 2 is 1.56 bits per heavy atom. The summed E-state index contributed by atoms with van der Waals surface area (Å²) in [6.07, 6.45) is 1.80. The molecule has 8 nitrogen and oxygen atoms in total. The quantitative estimate of drug-likeness (QED) is 0.466. The van der Waals surface area contributed by atoms with Crippen LogP contribution in [0.2, 0.25) is 0 Å². The molecule has 0 fully saturated rings. The van der Waals surface area contributed by atoms with Gasteiger partial charge >= 0.3 is 0 Å². The zero-order valence-corrected chi connectivity index (χ0v) is 19.0. The molecule has 0 bridgehead atoms. The molecule has 9 heteroatoms. The van der Waals surface area contributed by atoms with Crippen molar-refractivity contribution in [3.8, 4) is 17.4 Å². The molecule has 4 aromatic rings. The number of aryl methyl sites for hydroxylation is 4. The number of anilines is 1. The molecule has 164 valence electrons. The summed E-state index contributed by atoms with van der Waals surface area (Å²) in [5, 5.41) is 12.5. The SMILES string of the molecule is Cc1cc(C)c(S(=O)(=O)Nc2ccc(Oc3ccc(-n4ccc(C)n4)nn3)cc2)c(C)c1. The van der Waals surface area contributed by atoms with Crippen LogP contribution in [0.15, 0.2) is 65.7 Å². The Hall–Kier alpha value is -3.72. The predicted molar refractivity (Wildman–Crippen MR) is 122 cm³/mol. The van der Waals surface area contributed by atoms with E-state index in [4.69, 9.17) is 4.74 Å². The van der Waals surface area contributed by atoms with Gasteiger partial charge in [0.05, 0.1) is 10.6 Å². The Morgan fingerprint density at radius 3 is 2.12 bits per heavy atom. The minimum absolute atomic E-state index is 0.297.